The molecule has 0 saturated carbocycles. The molecule has 80 nitrogen and oxygen atoms in total. The molecule has 8 aliphatic rings. The van der Waals surface area contributed by atoms with E-state index in [1.807, 2.05) is 0 Å². The van der Waals surface area contributed by atoms with Crippen LogP contribution in [0.15, 0.2) is 0 Å². The number of hydrogen-bond donors (Lipinski definition) is 29. The number of carbonyl (C=O) groups is 4. The van der Waals surface area contributed by atoms with Gasteiger partial charge in [-0.2, -0.15) is 120 Å². The molecule has 8 saturated heterocycles. The molecule has 0 aromatic rings. The summed E-state index contributed by atoms with van der Waals surface area (Å²) in [5.74, 6) is -10.1. The molecule has 0 aromatic heterocycles. The number of aliphatic hydroxyl groups is 9. The van der Waals surface area contributed by atoms with Crippen LogP contribution in [0.2, 0.25) is 0 Å². The Bertz CT molecular complexity index is 5840. The lowest BCUT2D eigenvalue weighted by molar-refractivity contribution is -0.378. The SMILES string of the molecule is O=C(O)[C@H]1C[C@H](O)[C@H](OS(=O)(=O)O)[C@H](O[C@H]2[C@H](O)[C@@H](NS(=O)(=O)O)[C@@H](O[C@@H]3[C@H](O)[C@@H](OS(=O)(=O)O)[C@H](O[C@H]4[C@H](O)[C@@H](NS(=O)(=O)O)[C@@H](O[C@H]5[C@H](O)[C@@H](OS(=O)(=O)O)[C@H](O[C@H]6[C@H](O)[C@@H](NS(=O)(=O)O)[C@@H](O[C@@H]7[C@H](O)[C@@H](OS(=O)(=O)O)[C@H](O[C@H]8[C@H](O)[C@@H](NS(=O)(=O)O)[C@@H](O)O[C@@H]8COS(=O)(=O)O)O[C@H]7C(=O)O)O[C@@H]6COS(=O)(=O)O)O[C@H]5C(=O)O)O[C@@H]4COS(=O)(=O)O)O[C@H]3C(=O)O)O[C@@H]2COS(=O)(=O)O)O1. The molecule has 8 rings (SSSR count). The van der Waals surface area contributed by atoms with Gasteiger partial charge in [0.2, 0.25) is 0 Å². The fourth-order valence-electron chi connectivity index (χ4n) is 14.1. The number of nitrogens with one attached hydrogen (secondary N) is 4. The van der Waals surface area contributed by atoms with Crippen LogP contribution in [0.25, 0.3) is 0 Å². The third kappa shape index (κ3) is 34.7. The molecule has 0 aliphatic carbocycles. The second-order valence-corrected chi connectivity index (χ2v) is 42.3. The van der Waals surface area contributed by atoms with E-state index >= 15 is 0 Å². The van der Waals surface area contributed by atoms with Crippen LogP contribution in [-0.4, -0.2) is 512 Å². The van der Waals surface area contributed by atoms with Crippen molar-refractivity contribution in [2.24, 2.45) is 0 Å². The Kier molecular flexibility index (Phi) is 39.5. The van der Waals surface area contributed by atoms with E-state index in [0.717, 1.165) is 18.9 Å². The third-order valence-corrected chi connectivity index (χ3v) is 25.2. The summed E-state index contributed by atoms with van der Waals surface area (Å²) < 4.78 is 531. The van der Waals surface area contributed by atoms with E-state index < -0.39 is 420 Å². The van der Waals surface area contributed by atoms with Crippen LogP contribution in [-0.2, 0) is 248 Å². The molecule has 140 heavy (non-hydrogen) atoms. The Morgan fingerprint density at radius 2 is 0.457 bits per heavy atom. The first-order chi connectivity index (χ1) is 63.4. The number of carboxylic acids is 4. The predicted octanol–water partition coefficient (Wildman–Crippen LogP) is -20.8. The summed E-state index contributed by atoms with van der Waals surface area (Å²) in [5, 5.41) is 146. The van der Waals surface area contributed by atoms with Crippen molar-refractivity contribution in [2.45, 2.75) is 246 Å². The quantitative estimate of drug-likeness (QED) is 0.0252. The summed E-state index contributed by atoms with van der Waals surface area (Å²) in [5.41, 5.74) is 0. The van der Waals surface area contributed by atoms with Crippen LogP contribution in [0.5, 0.6) is 0 Å². The fraction of sp³-hybridized carbons (Fsp3) is 0.917. The molecule has 0 amide bonds. The highest BCUT2D eigenvalue weighted by Crippen LogP contribution is 2.42. The lowest BCUT2D eigenvalue weighted by Gasteiger charge is -2.51. The van der Waals surface area contributed by atoms with Crippen molar-refractivity contribution in [3.05, 3.63) is 0 Å². The van der Waals surface area contributed by atoms with Gasteiger partial charge in [-0.3, -0.25) is 54.6 Å². The Balaban J connectivity index is 1.15. The van der Waals surface area contributed by atoms with E-state index in [0.29, 0.717) is 0 Å². The molecule has 8 fully saturated rings. The molecule has 29 N–H and O–H groups in total. The number of carboxylic acid groups (broad SMARTS) is 4. The van der Waals surface area contributed by atoms with E-state index in [2.05, 4.69) is 33.5 Å². The first-order valence-corrected chi connectivity index (χ1v) is 53.0. The van der Waals surface area contributed by atoms with Gasteiger partial charge >= 0.3 is 148 Å². The van der Waals surface area contributed by atoms with Crippen molar-refractivity contribution in [2.75, 3.05) is 26.4 Å². The van der Waals surface area contributed by atoms with Crippen LogP contribution in [0.4, 0.5) is 0 Å². The summed E-state index contributed by atoms with van der Waals surface area (Å²) in [6.45, 7) is -7.93. The van der Waals surface area contributed by atoms with Crippen molar-refractivity contribution >= 4 is 148 Å². The van der Waals surface area contributed by atoms with Crippen LogP contribution in [0.1, 0.15) is 6.42 Å². The van der Waals surface area contributed by atoms with Crippen LogP contribution >= 0.6 is 0 Å². The average Bonchev–Trinajstić information content (AvgIpc) is 0.749. The van der Waals surface area contributed by atoms with E-state index in [-0.39, 0.29) is 0 Å². The van der Waals surface area contributed by atoms with Gasteiger partial charge < -0.3 is 137 Å². The predicted molar refractivity (Wildman–Crippen MR) is 398 cm³/mol. The van der Waals surface area contributed by atoms with Crippen LogP contribution in [0, 0.1) is 0 Å². The molecule has 92 heteroatoms. The average molecular weight is 2310 g/mol. The van der Waals surface area contributed by atoms with Gasteiger partial charge in [-0.25, -0.2) is 52.6 Å². The maximum atomic E-state index is 13.5. The van der Waals surface area contributed by atoms with E-state index in [1.54, 1.807) is 0 Å². The Hall–Kier alpha value is -4.64. The number of rotatable bonds is 46. The van der Waals surface area contributed by atoms with Gasteiger partial charge in [-0.05, 0) is 0 Å². The number of ether oxygens (including phenoxy) is 15. The summed E-state index contributed by atoms with van der Waals surface area (Å²) in [6, 6.07) is -12.4. The largest absolute Gasteiger partial charge is 0.479 e. The maximum Gasteiger partial charge on any atom is 0.397 e. The summed E-state index contributed by atoms with van der Waals surface area (Å²) >= 11 is 0. The fourth-order valence-corrected chi connectivity index (χ4v) is 19.6. The lowest BCUT2D eigenvalue weighted by atomic mass is 9.94. The van der Waals surface area contributed by atoms with E-state index in [1.165, 1.54) is 0 Å². The summed E-state index contributed by atoms with van der Waals surface area (Å²) in [4.78, 5) is 51.9. The Morgan fingerprint density at radius 3 is 0.679 bits per heavy atom. The zero-order valence-electron chi connectivity index (χ0n) is 67.0. The van der Waals surface area contributed by atoms with Gasteiger partial charge in [0.15, 0.2) is 99.2 Å². The Morgan fingerprint density at radius 1 is 0.243 bits per heavy atom. The molecule has 8 heterocycles. The summed E-state index contributed by atoms with van der Waals surface area (Å²) in [6.07, 6.45) is -112. The van der Waals surface area contributed by atoms with Gasteiger partial charge in [-0.1, -0.05) is 0 Å². The van der Waals surface area contributed by atoms with Crippen molar-refractivity contribution in [3.8, 4) is 0 Å². The molecule has 818 valence electrons. The van der Waals surface area contributed by atoms with Gasteiger partial charge in [-0.15, -0.1) is 0 Å². The Labute approximate surface area is 780 Å². The molecular formula is C48H78N4O76S12. The molecule has 0 unspecified atom stereocenters. The maximum absolute atomic E-state index is 13.5. The minimum Gasteiger partial charge on any atom is -0.479 e. The van der Waals surface area contributed by atoms with E-state index in [9.17, 15) is 241 Å². The number of hydrogen-bond acceptors (Lipinski definition) is 60. The molecule has 8 aliphatic heterocycles. The van der Waals surface area contributed by atoms with Crippen LogP contribution in [0.3, 0.4) is 0 Å². The second-order valence-electron chi connectivity index (χ2n) is 29.0. The van der Waals surface area contributed by atoms with Gasteiger partial charge in [0.25, 0.3) is 0 Å². The first-order valence-electron chi connectivity index (χ1n) is 36.3. The third-order valence-electron chi connectivity index (χ3n) is 19.3. The smallest absolute Gasteiger partial charge is 0.397 e. The summed E-state index contributed by atoms with van der Waals surface area (Å²) in [7, 11) is -73.1. The van der Waals surface area contributed by atoms with Crippen molar-refractivity contribution in [1.82, 2.24) is 18.9 Å². The molecule has 0 bridgehead atoms. The number of aliphatic hydroxyl groups excluding tert-OH is 9. The normalized spacial score (nSPS) is 39.1. The van der Waals surface area contributed by atoms with E-state index in [4.69, 9.17) is 71.1 Å². The van der Waals surface area contributed by atoms with Gasteiger partial charge in [0, 0.05) is 6.42 Å². The molecule has 0 spiro atoms. The zero-order chi connectivity index (χ0) is 106. The number of aliphatic carboxylic acids is 4. The highest BCUT2D eigenvalue weighted by molar-refractivity contribution is 7.85. The molecule has 0 radical (unpaired) electrons. The second kappa shape index (κ2) is 45.8. The monoisotopic (exact) mass is 2310 g/mol. The standard InChI is InChI=1S/C48H78N4O76S12/c53-6-1-7(37(61)62)111-45(23(6)125-137(94,95)96)115-25-9(3-107-134(85,86)87)112-42(13(17(25)55)50-130(73,74)75)119-29-21(59)32(127-139(100,101)102)47(123-35(29)39(65)66)117-27-11(5-109-136(91,92)93)114-44(15(19(27)57)52-132(79,80)81)121-30-22(60)33(128-140(103,104)105)48(124-36(30)40(67)68)118-26-10(4-108-135(88,89)90)113-43(14(18(26)56)51-131(76,77)78)120-28-20(58)31(126-138(97,98)99)46(122-34(28)38(63)64)116-24-8(2-106-133(82,83)84)110-41(69)12(16(24)54)49-129(70,71)72/h6-36,41-60,69H,1-5H2,(H,61,62)(H,63,64)(H,65,66)(H,67,68)(H,70,71,72)(H,73,74,75)(H,76,77,78)(H,79,80,81)(H,82,83,84)(H,85,86,87)(H,88,89,90)(H,91,92,93)(H,94,95,96)(H,97,98,99)(H,100,101,102)(H,103,104,105)/t6-,7+,8+,9+,10+,11+,12+,13+,14+,15+,16+,17+,18+,19+,20-,21-,22-,23-,24+,25+,26+,27+,28+,29+,30-,31+,32+,33+,34+,35+,36+,41-,42+,43+,44+,45-,46+,47+,48+/m0/s1. The molecular weight excluding hydrogens is 2230 g/mol. The first kappa shape index (κ1) is 121. The van der Waals surface area contributed by atoms with Crippen molar-refractivity contribution in [1.29, 1.82) is 0 Å². The minimum atomic E-state index is -6.52. The lowest BCUT2D eigenvalue weighted by Crippen LogP contribution is -2.71. The minimum absolute atomic E-state index is 1.05. The van der Waals surface area contributed by atoms with Crippen molar-refractivity contribution in [3.63, 3.8) is 0 Å². The zero-order valence-corrected chi connectivity index (χ0v) is 76.8. The molecule has 39 atom stereocenters. The van der Waals surface area contributed by atoms with Gasteiger partial charge in [0.1, 0.15) is 134 Å². The van der Waals surface area contributed by atoms with Gasteiger partial charge in [0.05, 0.1) is 32.5 Å². The van der Waals surface area contributed by atoms with Crippen LogP contribution < -0.4 is 18.9 Å². The van der Waals surface area contributed by atoms with Crippen molar-refractivity contribution < 1.29 is 346 Å². The highest BCUT2D eigenvalue weighted by atomic mass is 32.3. The highest BCUT2D eigenvalue weighted by Gasteiger charge is 2.65. The topological polar surface area (TPSA) is 1240 Å². The molecule has 0 aromatic carbocycles.